The van der Waals surface area contributed by atoms with Gasteiger partial charge in [0.05, 0.1) is 23.0 Å². The molecular weight excluding hydrogens is 369 g/mol. The minimum Gasteiger partial charge on any atom is -0.494 e. The number of sulfonamides is 1. The molecule has 6 nitrogen and oxygen atoms in total. The molecule has 25 heavy (non-hydrogen) atoms. The number of methoxy groups -OCH3 is 1. The van der Waals surface area contributed by atoms with Crippen molar-refractivity contribution in [1.82, 2.24) is 4.31 Å². The zero-order valence-corrected chi connectivity index (χ0v) is 16.2. The molecule has 1 aromatic carbocycles. The van der Waals surface area contributed by atoms with Gasteiger partial charge in [0.1, 0.15) is 0 Å². The Kier molecular flexibility index (Phi) is 6.11. The lowest BCUT2D eigenvalue weighted by atomic mass is 10.2. The third kappa shape index (κ3) is 4.51. The Morgan fingerprint density at radius 1 is 1.28 bits per heavy atom. The van der Waals surface area contributed by atoms with Gasteiger partial charge >= 0.3 is 0 Å². The van der Waals surface area contributed by atoms with Gasteiger partial charge < -0.3 is 4.74 Å². The molecule has 0 radical (unpaired) electrons. The van der Waals surface area contributed by atoms with Crippen LogP contribution in [0.1, 0.15) is 26.7 Å². The normalized spacial score (nSPS) is 20.0. The van der Waals surface area contributed by atoms with Crippen LogP contribution in [0.2, 0.25) is 0 Å². The average Bonchev–Trinajstić information content (AvgIpc) is 2.53. The van der Waals surface area contributed by atoms with Crippen molar-refractivity contribution in [2.24, 2.45) is 5.92 Å². The van der Waals surface area contributed by atoms with Crippen molar-refractivity contribution < 1.29 is 26.0 Å². The highest BCUT2D eigenvalue weighted by Gasteiger charge is 2.36. The van der Waals surface area contributed by atoms with Gasteiger partial charge in [0.25, 0.3) is 0 Å². The van der Waals surface area contributed by atoms with Gasteiger partial charge in [-0.2, -0.15) is 4.31 Å². The molecule has 1 fully saturated rings. The molecule has 1 atom stereocenters. The van der Waals surface area contributed by atoms with E-state index in [1.165, 1.54) is 19.2 Å². The lowest BCUT2D eigenvalue weighted by Crippen LogP contribution is -2.46. The van der Waals surface area contributed by atoms with Crippen molar-refractivity contribution in [1.29, 1.82) is 0 Å². The summed E-state index contributed by atoms with van der Waals surface area (Å²) in [5.41, 5.74) is 0. The van der Waals surface area contributed by atoms with E-state index in [4.69, 9.17) is 4.74 Å². The van der Waals surface area contributed by atoms with Crippen molar-refractivity contribution >= 4 is 19.9 Å². The van der Waals surface area contributed by atoms with Crippen LogP contribution in [-0.4, -0.2) is 52.3 Å². The second-order valence-corrected chi connectivity index (χ2v) is 10.9. The van der Waals surface area contributed by atoms with Gasteiger partial charge in [0, 0.05) is 13.1 Å². The summed E-state index contributed by atoms with van der Waals surface area (Å²) in [5, 5.41) is -0.721. The molecule has 0 amide bonds. The van der Waals surface area contributed by atoms with Gasteiger partial charge in [-0.05, 0) is 37.0 Å². The quantitative estimate of drug-likeness (QED) is 0.739. The number of nitrogens with zero attached hydrogens (tertiary/aromatic N) is 1. The Balaban J connectivity index is 2.26. The zero-order chi connectivity index (χ0) is 18.8. The van der Waals surface area contributed by atoms with Crippen molar-refractivity contribution in [3.05, 3.63) is 24.0 Å². The van der Waals surface area contributed by atoms with Crippen LogP contribution in [0.3, 0.4) is 0 Å². The maximum absolute atomic E-state index is 13.9. The number of rotatable bonds is 6. The minimum absolute atomic E-state index is 0.0207. The van der Waals surface area contributed by atoms with Gasteiger partial charge in [-0.25, -0.2) is 21.2 Å². The van der Waals surface area contributed by atoms with Crippen LogP contribution in [0.4, 0.5) is 4.39 Å². The van der Waals surface area contributed by atoms with Crippen LogP contribution in [0.25, 0.3) is 0 Å². The fourth-order valence-electron chi connectivity index (χ4n) is 2.97. The molecule has 1 aliphatic rings. The summed E-state index contributed by atoms with van der Waals surface area (Å²) in [5.74, 6) is -0.810. The number of piperidine rings is 1. The molecule has 142 valence electrons. The van der Waals surface area contributed by atoms with Crippen LogP contribution in [0.15, 0.2) is 23.1 Å². The molecule has 0 spiro atoms. The molecule has 2 rings (SSSR count). The van der Waals surface area contributed by atoms with Crippen molar-refractivity contribution in [2.45, 2.75) is 36.8 Å². The smallest absolute Gasteiger partial charge is 0.243 e. The van der Waals surface area contributed by atoms with Crippen molar-refractivity contribution in [3.8, 4) is 5.75 Å². The summed E-state index contributed by atoms with van der Waals surface area (Å²) in [4.78, 5) is -0.201. The van der Waals surface area contributed by atoms with Gasteiger partial charge in [-0.1, -0.05) is 13.8 Å². The van der Waals surface area contributed by atoms with Crippen molar-refractivity contribution in [2.75, 3.05) is 26.0 Å². The van der Waals surface area contributed by atoms with E-state index in [0.29, 0.717) is 12.8 Å². The monoisotopic (exact) mass is 393 g/mol. The summed E-state index contributed by atoms with van der Waals surface area (Å²) in [7, 11) is -6.04. The summed E-state index contributed by atoms with van der Waals surface area (Å²) in [6.07, 6.45) is 0.901. The molecule has 1 aromatic rings. The van der Waals surface area contributed by atoms with E-state index in [9.17, 15) is 21.2 Å². The van der Waals surface area contributed by atoms with Crippen LogP contribution in [0, 0.1) is 11.7 Å². The molecule has 9 heteroatoms. The number of halogens is 1. The van der Waals surface area contributed by atoms with Gasteiger partial charge in [-0.15, -0.1) is 0 Å². The standard InChI is InChI=1S/C16H24FNO5S2/c1-12(2)11-24(19,20)14-5-4-8-18(10-14)25(21,22)13-6-7-16(23-3)15(17)9-13/h6-7,9,12,14H,4-5,8,10-11H2,1-3H3/t14-/m0/s1. The number of hydrogen-bond donors (Lipinski definition) is 0. The lowest BCUT2D eigenvalue weighted by Gasteiger charge is -2.32. The minimum atomic E-state index is -3.96. The van der Waals surface area contributed by atoms with Crippen LogP contribution < -0.4 is 4.74 Å². The number of sulfone groups is 1. The van der Waals surface area contributed by atoms with E-state index in [2.05, 4.69) is 0 Å². The van der Waals surface area contributed by atoms with Crippen LogP contribution in [0.5, 0.6) is 5.75 Å². The predicted octanol–water partition coefficient (Wildman–Crippen LogP) is 2.06. The molecule has 1 heterocycles. The highest BCUT2D eigenvalue weighted by molar-refractivity contribution is 7.92. The summed E-state index contributed by atoms with van der Waals surface area (Å²) in [6, 6.07) is 3.42. The topological polar surface area (TPSA) is 80.8 Å². The Morgan fingerprint density at radius 3 is 2.52 bits per heavy atom. The second-order valence-electron chi connectivity index (χ2n) is 6.65. The molecule has 0 saturated carbocycles. The van der Waals surface area contributed by atoms with Gasteiger partial charge in [0.2, 0.25) is 10.0 Å². The van der Waals surface area contributed by atoms with E-state index < -0.39 is 30.9 Å². The highest BCUT2D eigenvalue weighted by atomic mass is 32.2. The molecule has 0 aromatic heterocycles. The Bertz CT molecular complexity index is 821. The SMILES string of the molecule is COc1ccc(S(=O)(=O)N2CCC[C@H](S(=O)(=O)CC(C)C)C2)cc1F. The molecule has 1 aliphatic heterocycles. The Morgan fingerprint density at radius 2 is 1.96 bits per heavy atom. The van der Waals surface area contributed by atoms with Crippen LogP contribution >= 0.6 is 0 Å². The summed E-state index contributed by atoms with van der Waals surface area (Å²) in [6.45, 7) is 3.76. The van der Waals surface area contributed by atoms with E-state index in [0.717, 1.165) is 10.4 Å². The summed E-state index contributed by atoms with van der Waals surface area (Å²) >= 11 is 0. The van der Waals surface area contributed by atoms with E-state index >= 15 is 0 Å². The number of ether oxygens (including phenoxy) is 1. The first-order valence-corrected chi connectivity index (χ1v) is 11.3. The first-order chi connectivity index (χ1) is 11.6. The predicted molar refractivity (Wildman–Crippen MR) is 93.4 cm³/mol. The fourth-order valence-corrected chi connectivity index (χ4v) is 6.74. The third-order valence-corrected chi connectivity index (χ3v) is 8.57. The van der Waals surface area contributed by atoms with E-state index in [1.54, 1.807) is 0 Å². The average molecular weight is 394 g/mol. The van der Waals surface area contributed by atoms with Crippen LogP contribution in [-0.2, 0) is 19.9 Å². The first kappa shape index (κ1) is 20.1. The number of benzene rings is 1. The molecule has 0 aliphatic carbocycles. The first-order valence-electron chi connectivity index (χ1n) is 8.13. The summed E-state index contributed by atoms with van der Waals surface area (Å²) < 4.78 is 70.2. The highest BCUT2D eigenvalue weighted by Crippen LogP contribution is 2.27. The molecule has 0 N–H and O–H groups in total. The third-order valence-electron chi connectivity index (χ3n) is 4.18. The molecule has 0 unspecified atom stereocenters. The number of hydrogen-bond acceptors (Lipinski definition) is 5. The second kappa shape index (κ2) is 7.59. The van der Waals surface area contributed by atoms with Gasteiger partial charge in [-0.3, -0.25) is 0 Å². The Labute approximate surface area is 149 Å². The molecular formula is C16H24FNO5S2. The lowest BCUT2D eigenvalue weighted by molar-refractivity contribution is 0.345. The molecule has 0 bridgehead atoms. The van der Waals surface area contributed by atoms with Gasteiger partial charge in [0.15, 0.2) is 21.4 Å². The zero-order valence-electron chi connectivity index (χ0n) is 14.6. The fraction of sp³-hybridized carbons (Fsp3) is 0.625. The van der Waals surface area contributed by atoms with E-state index in [-0.39, 0.29) is 35.4 Å². The maximum Gasteiger partial charge on any atom is 0.243 e. The largest absolute Gasteiger partial charge is 0.494 e. The van der Waals surface area contributed by atoms with E-state index in [1.807, 2.05) is 13.8 Å². The maximum atomic E-state index is 13.9. The Hall–Kier alpha value is -1.19. The van der Waals surface area contributed by atoms with Crippen molar-refractivity contribution in [3.63, 3.8) is 0 Å². The molecule has 1 saturated heterocycles.